The monoisotopic (exact) mass is 921 g/mol. The summed E-state index contributed by atoms with van der Waals surface area (Å²) >= 11 is 0. The van der Waals surface area contributed by atoms with Crippen molar-refractivity contribution in [2.45, 2.75) is 115 Å². The lowest BCUT2D eigenvalue weighted by Gasteiger charge is -2.33. The predicted molar refractivity (Wildman–Crippen MR) is 277 cm³/mol. The fraction of sp³-hybridized carbons (Fsp3) is 0.467. The first-order valence-corrected chi connectivity index (χ1v) is 25.4. The fourth-order valence-corrected chi connectivity index (χ4v) is 10.9. The number of methoxy groups -OCH3 is 2. The quantitative estimate of drug-likeness (QED) is 0.0460. The van der Waals surface area contributed by atoms with E-state index in [2.05, 4.69) is 116 Å². The molecule has 0 fully saturated rings. The number of ether oxygens (including phenoxy) is 4. The molecule has 3 N–H and O–H groups in total. The van der Waals surface area contributed by atoms with Crippen molar-refractivity contribution in [2.24, 2.45) is 5.73 Å². The number of carbonyl (C=O) groups is 2. The van der Waals surface area contributed by atoms with E-state index in [4.69, 9.17) is 24.7 Å². The summed E-state index contributed by atoms with van der Waals surface area (Å²) in [6.45, 7) is 11.6. The van der Waals surface area contributed by atoms with Crippen LogP contribution >= 0.6 is 0 Å². The van der Waals surface area contributed by atoms with Gasteiger partial charge in [-0.2, -0.15) is 0 Å². The summed E-state index contributed by atoms with van der Waals surface area (Å²) in [5, 5.41) is 3.10. The van der Waals surface area contributed by atoms with E-state index in [0.717, 1.165) is 64.2 Å². The third-order valence-corrected chi connectivity index (χ3v) is 14.6. The number of amides is 1. The molecule has 1 unspecified atom stereocenters. The minimum absolute atomic E-state index is 0.103. The number of Topliss-reactive ketones (excluding diaryl/α,β-unsaturated/α-hetero) is 1. The van der Waals surface area contributed by atoms with Crippen molar-refractivity contribution in [1.29, 1.82) is 0 Å². The lowest BCUT2D eigenvalue weighted by Crippen LogP contribution is -2.27. The second-order valence-electron chi connectivity index (χ2n) is 19.3. The van der Waals surface area contributed by atoms with E-state index in [1.807, 2.05) is 6.92 Å². The van der Waals surface area contributed by atoms with Crippen LogP contribution in [0.15, 0.2) is 97.1 Å². The van der Waals surface area contributed by atoms with Crippen molar-refractivity contribution in [3.05, 3.63) is 130 Å². The molecule has 8 heteroatoms. The normalized spacial score (nSPS) is 15.2. The molecule has 68 heavy (non-hydrogen) atoms. The van der Waals surface area contributed by atoms with Crippen LogP contribution < -0.4 is 11.1 Å². The average Bonchev–Trinajstić information content (AvgIpc) is 3.76. The minimum Gasteiger partial charge on any atom is -0.382 e. The number of unbranched alkanes of at least 4 members (excludes halogenated alkanes) is 1. The van der Waals surface area contributed by atoms with E-state index < -0.39 is 0 Å². The Labute approximate surface area is 406 Å². The lowest BCUT2D eigenvalue weighted by atomic mass is 9.70. The molecule has 7 rings (SSSR count). The van der Waals surface area contributed by atoms with Gasteiger partial charge in [-0.15, -0.1) is 0 Å². The maximum atomic E-state index is 12.2. The van der Waals surface area contributed by atoms with Crippen molar-refractivity contribution in [2.75, 3.05) is 67.0 Å². The van der Waals surface area contributed by atoms with Crippen molar-refractivity contribution < 1.29 is 28.5 Å². The van der Waals surface area contributed by atoms with Gasteiger partial charge in [-0.1, -0.05) is 105 Å². The molecule has 8 nitrogen and oxygen atoms in total. The number of fused-ring (bicyclic) bond motifs is 6. The Morgan fingerprint density at radius 3 is 1.65 bits per heavy atom. The molecule has 2 aliphatic rings. The number of ketones is 1. The summed E-state index contributed by atoms with van der Waals surface area (Å²) in [5.41, 5.74) is 23.4. The van der Waals surface area contributed by atoms with E-state index in [1.165, 1.54) is 77.9 Å². The van der Waals surface area contributed by atoms with Gasteiger partial charge in [0.1, 0.15) is 5.78 Å². The second kappa shape index (κ2) is 24.5. The van der Waals surface area contributed by atoms with Crippen LogP contribution in [-0.4, -0.2) is 78.6 Å². The molecule has 0 radical (unpaired) electrons. The zero-order chi connectivity index (χ0) is 47.9. The van der Waals surface area contributed by atoms with Crippen molar-refractivity contribution in [1.82, 2.24) is 5.32 Å². The number of benzene rings is 5. The molecule has 0 aromatic heterocycles. The number of hydrogen-bond acceptors (Lipinski definition) is 7. The molecule has 5 aromatic rings. The summed E-state index contributed by atoms with van der Waals surface area (Å²) in [5.74, 6) is 0.409. The number of aryl methyl sites for hydroxylation is 2. The molecule has 0 heterocycles. The third kappa shape index (κ3) is 11.9. The van der Waals surface area contributed by atoms with E-state index >= 15 is 0 Å². The lowest BCUT2D eigenvalue weighted by molar-refractivity contribution is -0.121. The van der Waals surface area contributed by atoms with E-state index in [0.29, 0.717) is 77.8 Å². The van der Waals surface area contributed by atoms with Crippen LogP contribution in [0.1, 0.15) is 124 Å². The smallest absolute Gasteiger partial charge is 0.219 e. The van der Waals surface area contributed by atoms with Crippen molar-refractivity contribution in [3.63, 3.8) is 0 Å². The Bertz CT molecular complexity index is 2440. The van der Waals surface area contributed by atoms with Crippen molar-refractivity contribution in [3.8, 4) is 44.5 Å². The number of nitrogens with one attached hydrogen (secondary N) is 1. The number of carbonyl (C=O) groups excluding carboxylic acids is 2. The Hall–Kier alpha value is -4.96. The highest BCUT2D eigenvalue weighted by Gasteiger charge is 2.43. The first kappa shape index (κ1) is 50.9. The highest BCUT2D eigenvalue weighted by Crippen LogP contribution is 2.56. The molecule has 0 spiro atoms. The van der Waals surface area contributed by atoms with Crippen LogP contribution in [0.4, 0.5) is 0 Å². The van der Waals surface area contributed by atoms with E-state index in [1.54, 1.807) is 14.2 Å². The largest absolute Gasteiger partial charge is 0.382 e. The Morgan fingerprint density at radius 1 is 0.559 bits per heavy atom. The third-order valence-electron chi connectivity index (χ3n) is 14.6. The molecule has 1 amide bonds. The second-order valence-corrected chi connectivity index (χ2v) is 19.3. The minimum atomic E-state index is -0.234. The summed E-state index contributed by atoms with van der Waals surface area (Å²) in [6.07, 6.45) is 10.9. The summed E-state index contributed by atoms with van der Waals surface area (Å²) in [7, 11) is 3.44. The maximum absolute atomic E-state index is 12.2. The van der Waals surface area contributed by atoms with E-state index in [-0.39, 0.29) is 16.7 Å². The predicted octanol–water partition coefficient (Wildman–Crippen LogP) is 12.1. The number of hydrogen-bond donors (Lipinski definition) is 2. The molecule has 1 atom stereocenters. The van der Waals surface area contributed by atoms with Crippen molar-refractivity contribution >= 4 is 11.7 Å². The molecule has 0 saturated heterocycles. The molecule has 0 aliphatic heterocycles. The zero-order valence-electron chi connectivity index (χ0n) is 41.6. The Balaban J connectivity index is 1.21. The van der Waals surface area contributed by atoms with E-state index in [9.17, 15) is 9.59 Å². The summed E-state index contributed by atoms with van der Waals surface area (Å²) in [6, 6.07) is 37.3. The van der Waals surface area contributed by atoms with Crippen LogP contribution in [0.3, 0.4) is 0 Å². The van der Waals surface area contributed by atoms with Gasteiger partial charge in [0.2, 0.25) is 5.91 Å². The first-order chi connectivity index (χ1) is 33.1. The summed E-state index contributed by atoms with van der Waals surface area (Å²) in [4.78, 5) is 24.4. The van der Waals surface area contributed by atoms with Gasteiger partial charge >= 0.3 is 0 Å². The SMILES string of the molecule is CCC(=O)NCCCCC1(C)c2cc(-c3ccc(CCCC(=O)CCCN)cc3)ccc2-c2ccc(-c3ccc4c(c3)C(CCCOCCOC)(CCCOCCOC)c3cc(C)ccc3-4)cc21. The molecule has 5 aromatic carbocycles. The van der Waals surface area contributed by atoms with Crippen LogP contribution in [0.25, 0.3) is 44.5 Å². The van der Waals surface area contributed by atoms with Gasteiger partial charge in [0, 0.05) is 64.1 Å². The van der Waals surface area contributed by atoms with Gasteiger partial charge in [0.15, 0.2) is 0 Å². The fourth-order valence-electron chi connectivity index (χ4n) is 10.9. The molecule has 0 saturated carbocycles. The highest BCUT2D eigenvalue weighted by molar-refractivity contribution is 5.88. The van der Waals surface area contributed by atoms with Crippen LogP contribution in [0.5, 0.6) is 0 Å². The standard InChI is InChI=1S/C60H76N2O6/c1-6-58(64)62-32-8-7-28-59(3)54-40-46(45-19-17-44(18-20-45)13-9-14-49(63)15-10-31-61)21-25-50(54)51-26-22-47(41-55(51)59)48-23-27-53-52-24-16-43(2)39-56(52)60(57(53)42-48,29-11-33-67-37-35-65-4)30-12-34-68-38-36-66-5/h16-27,39-42H,6-15,28-38,61H2,1-5H3,(H,62,64). The zero-order valence-corrected chi connectivity index (χ0v) is 41.6. The maximum Gasteiger partial charge on any atom is 0.219 e. The molecular weight excluding hydrogens is 845 g/mol. The van der Waals surface area contributed by atoms with Gasteiger partial charge in [-0.3, -0.25) is 9.59 Å². The Kier molecular flexibility index (Phi) is 18.4. The van der Waals surface area contributed by atoms with Gasteiger partial charge < -0.3 is 30.0 Å². The average molecular weight is 921 g/mol. The topological polar surface area (TPSA) is 109 Å². The van der Waals surface area contributed by atoms with Crippen LogP contribution in [0.2, 0.25) is 0 Å². The molecule has 362 valence electrons. The molecular formula is C60H76N2O6. The van der Waals surface area contributed by atoms with Gasteiger partial charge in [-0.05, 0) is 162 Å². The molecule has 0 bridgehead atoms. The first-order valence-electron chi connectivity index (χ1n) is 25.4. The summed E-state index contributed by atoms with van der Waals surface area (Å²) < 4.78 is 22.7. The molecule has 2 aliphatic carbocycles. The Morgan fingerprint density at radius 2 is 1.07 bits per heavy atom. The van der Waals surface area contributed by atoms with Crippen LogP contribution in [-0.2, 0) is 45.8 Å². The number of nitrogens with two attached hydrogens (primary N) is 1. The van der Waals surface area contributed by atoms with Gasteiger partial charge in [-0.25, -0.2) is 0 Å². The van der Waals surface area contributed by atoms with Crippen LogP contribution in [0, 0.1) is 6.92 Å². The van der Waals surface area contributed by atoms with Gasteiger partial charge in [0.05, 0.1) is 26.4 Å². The van der Waals surface area contributed by atoms with Gasteiger partial charge in [0.25, 0.3) is 0 Å². The number of rotatable bonds is 29. The highest BCUT2D eigenvalue weighted by atomic mass is 16.5.